The number of hydrogen-bond donors (Lipinski definition) is 1. The molecular formula is C23H22F3N3O4. The lowest BCUT2D eigenvalue weighted by atomic mass is 10.0. The number of aliphatic hydroxyl groups excluding tert-OH is 1. The number of aliphatic hydroxyl groups is 1. The minimum atomic E-state index is -4.82. The van der Waals surface area contributed by atoms with Crippen molar-refractivity contribution in [3.8, 4) is 11.5 Å². The van der Waals surface area contributed by atoms with Gasteiger partial charge in [0.2, 0.25) is 0 Å². The first-order chi connectivity index (χ1) is 15.5. The van der Waals surface area contributed by atoms with E-state index in [0.29, 0.717) is 5.75 Å². The highest BCUT2D eigenvalue weighted by molar-refractivity contribution is 5.96. The molecule has 1 unspecified atom stereocenters. The van der Waals surface area contributed by atoms with Crippen LogP contribution in [-0.2, 0) is 6.54 Å². The average molecular weight is 461 g/mol. The molecule has 1 fully saturated rings. The van der Waals surface area contributed by atoms with E-state index in [0.717, 1.165) is 33.5 Å². The normalized spacial score (nSPS) is 18.2. The maximum Gasteiger partial charge on any atom is 0.573 e. The number of amides is 2. The van der Waals surface area contributed by atoms with Crippen molar-refractivity contribution in [2.75, 3.05) is 12.0 Å². The second-order valence-corrected chi connectivity index (χ2v) is 8.16. The molecule has 1 aliphatic heterocycles. The Kier molecular flexibility index (Phi) is 5.57. The second-order valence-electron chi connectivity index (χ2n) is 8.16. The zero-order valence-corrected chi connectivity index (χ0v) is 18.1. The van der Waals surface area contributed by atoms with Crippen LogP contribution in [0.1, 0.15) is 19.4 Å². The standard InChI is InChI=1S/C23H22F3N3O4/c1-22(2)20(30)29(15-4-6-16(7-5-15)33-23(24,25)26)21(31)28(22)13-14-10-11-27-19-9-8-17(32-3)12-18(14)19/h4-12,20,30H,13H2,1-3H3. The van der Waals surface area contributed by atoms with E-state index in [2.05, 4.69) is 9.72 Å². The molecule has 7 nitrogen and oxygen atoms in total. The van der Waals surface area contributed by atoms with Gasteiger partial charge < -0.3 is 19.5 Å². The van der Waals surface area contributed by atoms with Crippen LogP contribution in [-0.4, -0.2) is 46.3 Å². The van der Waals surface area contributed by atoms with Gasteiger partial charge in [0.05, 0.1) is 18.2 Å². The summed E-state index contributed by atoms with van der Waals surface area (Å²) in [5.41, 5.74) is 0.796. The number of halogens is 3. The first-order valence-electron chi connectivity index (χ1n) is 10.1. The van der Waals surface area contributed by atoms with E-state index < -0.39 is 29.9 Å². The maximum atomic E-state index is 13.3. The highest BCUT2D eigenvalue weighted by Crippen LogP contribution is 2.38. The Morgan fingerprint density at radius 2 is 1.76 bits per heavy atom. The minimum absolute atomic E-state index is 0.181. The van der Waals surface area contributed by atoms with Crippen molar-refractivity contribution < 1.29 is 32.5 Å². The molecule has 2 aromatic carbocycles. The first-order valence-corrected chi connectivity index (χ1v) is 10.1. The van der Waals surface area contributed by atoms with E-state index in [1.165, 1.54) is 17.0 Å². The predicted octanol–water partition coefficient (Wildman–Crippen LogP) is 4.68. The Morgan fingerprint density at radius 1 is 1.09 bits per heavy atom. The number of carbonyl (C=O) groups excluding carboxylic acids is 1. The number of alkyl halides is 3. The number of carbonyl (C=O) groups is 1. The van der Waals surface area contributed by atoms with Gasteiger partial charge in [0, 0.05) is 23.8 Å². The number of anilines is 1. The summed E-state index contributed by atoms with van der Waals surface area (Å²) in [6, 6.07) is 11.6. The number of methoxy groups -OCH3 is 1. The van der Waals surface area contributed by atoms with Crippen LogP contribution >= 0.6 is 0 Å². The van der Waals surface area contributed by atoms with Crippen molar-refractivity contribution in [1.29, 1.82) is 0 Å². The number of urea groups is 1. The Morgan fingerprint density at radius 3 is 2.39 bits per heavy atom. The van der Waals surface area contributed by atoms with E-state index in [1.807, 2.05) is 12.1 Å². The molecule has 2 heterocycles. The van der Waals surface area contributed by atoms with E-state index in [1.54, 1.807) is 39.3 Å². The molecule has 174 valence electrons. The lowest BCUT2D eigenvalue weighted by Crippen LogP contribution is -2.46. The van der Waals surface area contributed by atoms with Crippen LogP contribution in [0.4, 0.5) is 23.7 Å². The molecule has 0 bridgehead atoms. The van der Waals surface area contributed by atoms with Crippen LogP contribution in [0.15, 0.2) is 54.7 Å². The van der Waals surface area contributed by atoms with Gasteiger partial charge in [0.25, 0.3) is 0 Å². The fourth-order valence-corrected chi connectivity index (χ4v) is 3.89. The van der Waals surface area contributed by atoms with Gasteiger partial charge in [-0.1, -0.05) is 0 Å². The zero-order valence-electron chi connectivity index (χ0n) is 18.1. The van der Waals surface area contributed by atoms with Gasteiger partial charge in [0.15, 0.2) is 6.23 Å². The molecule has 4 rings (SSSR count). The summed E-state index contributed by atoms with van der Waals surface area (Å²) in [4.78, 5) is 20.4. The average Bonchev–Trinajstić information content (AvgIpc) is 2.92. The second kappa shape index (κ2) is 8.11. The molecule has 3 aromatic rings. The third-order valence-corrected chi connectivity index (χ3v) is 5.73. The molecule has 1 aliphatic rings. The molecule has 1 N–H and O–H groups in total. The van der Waals surface area contributed by atoms with Crippen molar-refractivity contribution in [2.45, 2.75) is 38.5 Å². The van der Waals surface area contributed by atoms with Crippen molar-refractivity contribution in [2.24, 2.45) is 0 Å². The quantitative estimate of drug-likeness (QED) is 0.597. The summed E-state index contributed by atoms with van der Waals surface area (Å²) in [5, 5.41) is 11.8. The summed E-state index contributed by atoms with van der Waals surface area (Å²) >= 11 is 0. The fraction of sp³-hybridized carbons (Fsp3) is 0.304. The summed E-state index contributed by atoms with van der Waals surface area (Å²) in [6.07, 6.45) is -4.41. The highest BCUT2D eigenvalue weighted by Gasteiger charge is 2.51. The van der Waals surface area contributed by atoms with E-state index in [-0.39, 0.29) is 12.2 Å². The zero-order chi connectivity index (χ0) is 24.0. The number of rotatable bonds is 5. The molecule has 33 heavy (non-hydrogen) atoms. The summed E-state index contributed by atoms with van der Waals surface area (Å²) < 4.78 is 46.5. The van der Waals surface area contributed by atoms with Crippen LogP contribution < -0.4 is 14.4 Å². The fourth-order valence-electron chi connectivity index (χ4n) is 3.89. The maximum absolute atomic E-state index is 13.3. The number of aromatic nitrogens is 1. The Balaban J connectivity index is 1.65. The van der Waals surface area contributed by atoms with Crippen molar-refractivity contribution in [3.05, 3.63) is 60.3 Å². The Bertz CT molecular complexity index is 1180. The molecule has 1 atom stereocenters. The minimum Gasteiger partial charge on any atom is -0.497 e. The Hall–Kier alpha value is -3.53. The number of pyridine rings is 1. The van der Waals surface area contributed by atoms with Gasteiger partial charge in [-0.05, 0) is 67.9 Å². The molecule has 1 aromatic heterocycles. The van der Waals surface area contributed by atoms with Gasteiger partial charge in [-0.2, -0.15) is 0 Å². The van der Waals surface area contributed by atoms with E-state index in [4.69, 9.17) is 4.74 Å². The van der Waals surface area contributed by atoms with Gasteiger partial charge in [0.1, 0.15) is 11.5 Å². The van der Waals surface area contributed by atoms with Gasteiger partial charge in [-0.25, -0.2) is 4.79 Å². The summed E-state index contributed by atoms with van der Waals surface area (Å²) in [6.45, 7) is 3.63. The predicted molar refractivity (Wildman–Crippen MR) is 115 cm³/mol. The molecule has 0 spiro atoms. The van der Waals surface area contributed by atoms with Crippen LogP contribution in [0.5, 0.6) is 11.5 Å². The number of ether oxygens (including phenoxy) is 2. The van der Waals surface area contributed by atoms with E-state index >= 15 is 0 Å². The summed E-state index contributed by atoms with van der Waals surface area (Å²) in [5.74, 6) is 0.229. The van der Waals surface area contributed by atoms with E-state index in [9.17, 15) is 23.1 Å². The largest absolute Gasteiger partial charge is 0.573 e. The number of nitrogens with zero attached hydrogens (tertiary/aromatic N) is 3. The third-order valence-electron chi connectivity index (χ3n) is 5.73. The number of fused-ring (bicyclic) bond motifs is 1. The Labute approximate surface area is 188 Å². The number of benzene rings is 2. The molecule has 1 saturated heterocycles. The van der Waals surface area contributed by atoms with Crippen molar-refractivity contribution in [1.82, 2.24) is 9.88 Å². The van der Waals surface area contributed by atoms with Gasteiger partial charge >= 0.3 is 12.4 Å². The SMILES string of the molecule is COc1ccc2nccc(CN3C(=O)N(c4ccc(OC(F)(F)F)cc4)C(O)C3(C)C)c2c1. The van der Waals surface area contributed by atoms with Crippen LogP contribution in [0, 0.1) is 0 Å². The molecule has 10 heteroatoms. The first kappa shape index (κ1) is 22.7. The lowest BCUT2D eigenvalue weighted by Gasteiger charge is -2.32. The van der Waals surface area contributed by atoms with Gasteiger partial charge in [-0.15, -0.1) is 13.2 Å². The third kappa shape index (κ3) is 4.25. The van der Waals surface area contributed by atoms with Crippen LogP contribution in [0.25, 0.3) is 10.9 Å². The molecular weight excluding hydrogens is 439 g/mol. The van der Waals surface area contributed by atoms with Crippen molar-refractivity contribution >= 4 is 22.6 Å². The molecule has 0 aliphatic carbocycles. The van der Waals surface area contributed by atoms with Crippen LogP contribution in [0.2, 0.25) is 0 Å². The summed E-state index contributed by atoms with van der Waals surface area (Å²) in [7, 11) is 1.56. The van der Waals surface area contributed by atoms with Crippen molar-refractivity contribution in [3.63, 3.8) is 0 Å². The molecule has 0 saturated carbocycles. The monoisotopic (exact) mass is 461 g/mol. The molecule has 2 amide bonds. The number of hydrogen-bond acceptors (Lipinski definition) is 5. The lowest BCUT2D eigenvalue weighted by molar-refractivity contribution is -0.274. The highest BCUT2D eigenvalue weighted by atomic mass is 19.4. The topological polar surface area (TPSA) is 75.1 Å². The van der Waals surface area contributed by atoms with Gasteiger partial charge in [-0.3, -0.25) is 9.88 Å². The van der Waals surface area contributed by atoms with Crippen LogP contribution in [0.3, 0.4) is 0 Å². The molecule has 0 radical (unpaired) electrons. The smallest absolute Gasteiger partial charge is 0.497 e.